The Hall–Kier alpha value is -1.16. The molecule has 3 nitrogen and oxygen atoms in total. The smallest absolute Gasteiger partial charge is 0.0110 e. The molecular formula is C24H36FeN3-. The normalized spacial score (nSPS) is 13.1. The quantitative estimate of drug-likeness (QED) is 0.529. The van der Waals surface area contributed by atoms with Crippen molar-refractivity contribution < 1.29 is 17.1 Å². The zero-order valence-corrected chi connectivity index (χ0v) is 18.9. The Kier molecular flexibility index (Phi) is 11.0. The van der Waals surface area contributed by atoms with Crippen molar-refractivity contribution in [3.8, 4) is 0 Å². The van der Waals surface area contributed by atoms with Crippen LogP contribution in [0.25, 0.3) is 5.32 Å². The summed E-state index contributed by atoms with van der Waals surface area (Å²) in [5.41, 5.74) is 21.0. The van der Waals surface area contributed by atoms with E-state index in [-0.39, 0.29) is 29.2 Å². The van der Waals surface area contributed by atoms with Gasteiger partial charge in [0.05, 0.1) is 0 Å². The molecule has 0 aliphatic rings. The molecular weight excluding hydrogens is 386 g/mol. The predicted molar refractivity (Wildman–Crippen MR) is 117 cm³/mol. The fraction of sp³-hybridized carbons (Fsp3) is 0.500. The van der Waals surface area contributed by atoms with Crippen molar-refractivity contribution >= 4 is 0 Å². The molecule has 28 heavy (non-hydrogen) atoms. The molecule has 0 radical (unpaired) electrons. The maximum Gasteiger partial charge on any atom is 0.0110 e. The van der Waals surface area contributed by atoms with E-state index in [4.69, 9.17) is 16.8 Å². The SMILES string of the molecule is CCc1cccc(CC)c1C(N)C[N-]CC(N)c1c(CC)cccc1CC.[Fe]. The molecule has 0 bridgehead atoms. The molecule has 156 valence electrons. The van der Waals surface area contributed by atoms with Crippen molar-refractivity contribution in [1.29, 1.82) is 0 Å². The van der Waals surface area contributed by atoms with Gasteiger partial charge < -0.3 is 16.8 Å². The van der Waals surface area contributed by atoms with Gasteiger partial charge in [0.2, 0.25) is 0 Å². The van der Waals surface area contributed by atoms with E-state index in [1.165, 1.54) is 33.4 Å². The fourth-order valence-corrected chi connectivity index (χ4v) is 4.05. The summed E-state index contributed by atoms with van der Waals surface area (Å²) in [6, 6.07) is 12.9. The molecule has 0 saturated carbocycles. The van der Waals surface area contributed by atoms with Crippen LogP contribution >= 0.6 is 0 Å². The number of hydrogen-bond donors (Lipinski definition) is 2. The molecule has 2 unspecified atom stereocenters. The molecule has 4 heteroatoms. The van der Waals surface area contributed by atoms with Gasteiger partial charge in [-0.3, -0.25) is 0 Å². The summed E-state index contributed by atoms with van der Waals surface area (Å²) >= 11 is 0. The molecule has 0 fully saturated rings. The zero-order chi connectivity index (χ0) is 19.8. The minimum absolute atomic E-state index is 0. The van der Waals surface area contributed by atoms with E-state index in [0.29, 0.717) is 13.1 Å². The summed E-state index contributed by atoms with van der Waals surface area (Å²) in [5.74, 6) is 0. The van der Waals surface area contributed by atoms with Gasteiger partial charge in [-0.05, 0) is 59.1 Å². The monoisotopic (exact) mass is 422 g/mol. The summed E-state index contributed by atoms with van der Waals surface area (Å²) in [6.45, 7) is 9.98. The number of nitrogens with zero attached hydrogens (tertiary/aromatic N) is 1. The average Bonchev–Trinajstić information content (AvgIpc) is 2.71. The Morgan fingerprint density at radius 3 is 1.18 bits per heavy atom. The van der Waals surface area contributed by atoms with Crippen LogP contribution in [0.4, 0.5) is 0 Å². The Labute approximate surface area is 182 Å². The van der Waals surface area contributed by atoms with Crippen LogP contribution in [0.3, 0.4) is 0 Å². The Morgan fingerprint density at radius 2 is 0.929 bits per heavy atom. The molecule has 0 heterocycles. The van der Waals surface area contributed by atoms with E-state index in [1.54, 1.807) is 0 Å². The van der Waals surface area contributed by atoms with Crippen molar-refractivity contribution in [3.63, 3.8) is 0 Å². The predicted octanol–water partition coefficient (Wildman–Crippen LogP) is 5.01. The topological polar surface area (TPSA) is 66.1 Å². The average molecular weight is 422 g/mol. The second kappa shape index (κ2) is 12.4. The van der Waals surface area contributed by atoms with E-state index in [1.807, 2.05) is 0 Å². The van der Waals surface area contributed by atoms with E-state index < -0.39 is 0 Å². The van der Waals surface area contributed by atoms with E-state index >= 15 is 0 Å². The van der Waals surface area contributed by atoms with Gasteiger partial charge in [-0.25, -0.2) is 0 Å². The number of nitrogens with two attached hydrogens (primary N) is 2. The molecule has 2 atom stereocenters. The number of hydrogen-bond acceptors (Lipinski definition) is 2. The Morgan fingerprint density at radius 1 is 0.643 bits per heavy atom. The van der Waals surface area contributed by atoms with Crippen LogP contribution in [0.1, 0.15) is 73.2 Å². The standard InChI is InChI=1S/C24H36N3.Fe/c1-5-17-11-9-12-18(6-2)23(17)21(25)15-27-16-22(26)24-19(7-3)13-10-14-20(24)8-4;/h9-14,21-22H,5-8,15-16,25-26H2,1-4H3;/q-1;. The van der Waals surface area contributed by atoms with Crippen LogP contribution in [0.15, 0.2) is 36.4 Å². The Bertz CT molecular complexity index is 624. The van der Waals surface area contributed by atoms with Crippen LogP contribution in [-0.4, -0.2) is 13.1 Å². The van der Waals surface area contributed by atoms with Crippen LogP contribution in [-0.2, 0) is 42.8 Å². The van der Waals surface area contributed by atoms with E-state index in [2.05, 4.69) is 64.1 Å². The first-order chi connectivity index (χ1) is 13.1. The molecule has 0 aliphatic heterocycles. The van der Waals surface area contributed by atoms with Crippen molar-refractivity contribution in [2.24, 2.45) is 11.5 Å². The van der Waals surface area contributed by atoms with Crippen molar-refractivity contribution in [1.82, 2.24) is 0 Å². The molecule has 0 aliphatic carbocycles. The fourth-order valence-electron chi connectivity index (χ4n) is 4.05. The third-order valence-corrected chi connectivity index (χ3v) is 5.49. The second-order valence-electron chi connectivity index (χ2n) is 7.20. The van der Waals surface area contributed by atoms with Gasteiger partial charge in [0.15, 0.2) is 0 Å². The van der Waals surface area contributed by atoms with Gasteiger partial charge >= 0.3 is 0 Å². The van der Waals surface area contributed by atoms with Gasteiger partial charge in [0.1, 0.15) is 0 Å². The van der Waals surface area contributed by atoms with Gasteiger partial charge in [-0.1, -0.05) is 64.1 Å². The first-order valence-electron chi connectivity index (χ1n) is 10.4. The first-order valence-corrected chi connectivity index (χ1v) is 10.4. The Balaban J connectivity index is 0.00000392. The van der Waals surface area contributed by atoms with E-state index in [0.717, 1.165) is 25.7 Å². The molecule has 0 spiro atoms. The molecule has 0 aromatic heterocycles. The maximum atomic E-state index is 6.55. The van der Waals surface area contributed by atoms with Crippen LogP contribution < -0.4 is 11.5 Å². The van der Waals surface area contributed by atoms with Crippen molar-refractivity contribution in [2.75, 3.05) is 13.1 Å². The number of rotatable bonds is 10. The molecule has 2 aromatic rings. The second-order valence-corrected chi connectivity index (χ2v) is 7.20. The van der Waals surface area contributed by atoms with Crippen molar-refractivity contribution in [3.05, 3.63) is 75.1 Å². The van der Waals surface area contributed by atoms with Gasteiger partial charge in [0.25, 0.3) is 0 Å². The van der Waals surface area contributed by atoms with Crippen LogP contribution in [0.5, 0.6) is 0 Å². The molecule has 2 rings (SSSR count). The zero-order valence-electron chi connectivity index (χ0n) is 17.8. The summed E-state index contributed by atoms with van der Waals surface area (Å²) in [7, 11) is 0. The summed E-state index contributed by atoms with van der Waals surface area (Å²) < 4.78 is 0. The van der Waals surface area contributed by atoms with Crippen molar-refractivity contribution in [2.45, 2.75) is 65.5 Å². The summed E-state index contributed by atoms with van der Waals surface area (Å²) in [6.07, 6.45) is 4.00. The number of benzene rings is 2. The van der Waals surface area contributed by atoms with Crippen LogP contribution in [0, 0.1) is 0 Å². The molecule has 4 N–H and O–H groups in total. The minimum atomic E-state index is -0.0598. The van der Waals surface area contributed by atoms with Gasteiger partial charge in [0, 0.05) is 29.2 Å². The van der Waals surface area contributed by atoms with E-state index in [9.17, 15) is 0 Å². The van der Waals surface area contributed by atoms with Gasteiger partial charge in [-0.15, -0.1) is 13.1 Å². The summed E-state index contributed by atoms with van der Waals surface area (Å²) in [5, 5.41) is 4.78. The summed E-state index contributed by atoms with van der Waals surface area (Å²) in [4.78, 5) is 0. The van der Waals surface area contributed by atoms with Gasteiger partial charge in [-0.2, -0.15) is 0 Å². The molecule has 0 saturated heterocycles. The third kappa shape index (κ3) is 5.92. The largest absolute Gasteiger partial charge is 0.659 e. The number of aryl methyl sites for hydroxylation is 4. The van der Waals surface area contributed by atoms with Crippen LogP contribution in [0.2, 0.25) is 0 Å². The molecule has 0 amide bonds. The molecule has 2 aromatic carbocycles. The first kappa shape index (κ1) is 24.9. The minimum Gasteiger partial charge on any atom is -0.659 e. The maximum absolute atomic E-state index is 6.55. The third-order valence-electron chi connectivity index (χ3n) is 5.49.